The van der Waals surface area contributed by atoms with Crippen LogP contribution in [0.25, 0.3) is 10.2 Å². The van der Waals surface area contributed by atoms with Crippen LogP contribution in [0.15, 0.2) is 48.0 Å². The van der Waals surface area contributed by atoms with Crippen molar-refractivity contribution in [1.82, 2.24) is 9.88 Å². The zero-order valence-electron chi connectivity index (χ0n) is 13.9. The molecule has 0 aliphatic heterocycles. The first kappa shape index (κ1) is 16.9. The lowest BCUT2D eigenvalue weighted by atomic mass is 10.2. The molecule has 2 amide bonds. The summed E-state index contributed by atoms with van der Waals surface area (Å²) in [6.45, 7) is -0.0449. The Balaban J connectivity index is 1.64. The molecule has 0 saturated carbocycles. The summed E-state index contributed by atoms with van der Waals surface area (Å²) < 4.78 is 6.07. The minimum atomic E-state index is -0.275. The normalized spacial score (nSPS) is 10.5. The maximum absolute atomic E-state index is 12.5. The summed E-state index contributed by atoms with van der Waals surface area (Å²) in [7, 11) is 3.16. The van der Waals surface area contributed by atoms with Gasteiger partial charge in [0, 0.05) is 24.4 Å². The highest BCUT2D eigenvalue weighted by molar-refractivity contribution is 7.16. The lowest BCUT2D eigenvalue weighted by molar-refractivity contribution is -0.116. The van der Waals surface area contributed by atoms with Gasteiger partial charge in [-0.15, -0.1) is 11.3 Å². The molecule has 3 aromatic rings. The van der Waals surface area contributed by atoms with Gasteiger partial charge in [-0.2, -0.15) is 0 Å². The summed E-state index contributed by atoms with van der Waals surface area (Å²) in [4.78, 5) is 30.3. The number of likely N-dealkylation sites (N-methyl/N-ethyl adjacent to an activating group) is 1. The molecule has 7 heteroatoms. The Morgan fingerprint density at radius 2 is 2.08 bits per heavy atom. The average molecular weight is 355 g/mol. The van der Waals surface area contributed by atoms with Crippen molar-refractivity contribution in [2.24, 2.45) is 0 Å². The molecular weight excluding hydrogens is 338 g/mol. The van der Waals surface area contributed by atoms with Crippen LogP contribution < -0.4 is 10.1 Å². The number of hydrogen-bond acceptors (Lipinski definition) is 5. The highest BCUT2D eigenvalue weighted by Gasteiger charge is 2.16. The Morgan fingerprint density at radius 1 is 1.24 bits per heavy atom. The second kappa shape index (κ2) is 7.31. The largest absolute Gasteiger partial charge is 0.497 e. The Labute approximate surface area is 149 Å². The molecule has 0 fully saturated rings. The summed E-state index contributed by atoms with van der Waals surface area (Å²) in [5.74, 6) is 0.166. The van der Waals surface area contributed by atoms with Gasteiger partial charge in [0.05, 0.1) is 29.4 Å². The quantitative estimate of drug-likeness (QED) is 0.764. The monoisotopic (exact) mass is 355 g/mol. The highest BCUT2D eigenvalue weighted by atomic mass is 32.1. The van der Waals surface area contributed by atoms with Crippen molar-refractivity contribution in [3.63, 3.8) is 0 Å². The number of rotatable bonds is 5. The molecule has 3 rings (SSSR count). The van der Waals surface area contributed by atoms with Crippen molar-refractivity contribution in [3.05, 3.63) is 53.5 Å². The SMILES string of the molecule is COc1cccc(NC(=O)CN(C)C(=O)c2ccc3ncsc3c2)c1. The molecule has 0 spiro atoms. The van der Waals surface area contributed by atoms with Crippen molar-refractivity contribution in [3.8, 4) is 5.75 Å². The van der Waals surface area contributed by atoms with Crippen molar-refractivity contribution in [2.45, 2.75) is 0 Å². The van der Waals surface area contributed by atoms with Gasteiger partial charge in [0.25, 0.3) is 5.91 Å². The molecule has 0 saturated heterocycles. The number of carbonyl (C=O) groups excluding carboxylic acids is 2. The Kier molecular flexibility index (Phi) is 4.95. The molecule has 128 valence electrons. The van der Waals surface area contributed by atoms with Gasteiger partial charge in [-0.1, -0.05) is 6.07 Å². The zero-order chi connectivity index (χ0) is 17.8. The number of methoxy groups -OCH3 is 1. The van der Waals surface area contributed by atoms with Crippen molar-refractivity contribution in [1.29, 1.82) is 0 Å². The minimum absolute atomic E-state index is 0.0449. The number of thiazole rings is 1. The van der Waals surface area contributed by atoms with Gasteiger partial charge in [0.2, 0.25) is 5.91 Å². The maximum Gasteiger partial charge on any atom is 0.254 e. The van der Waals surface area contributed by atoms with Crippen molar-refractivity contribution < 1.29 is 14.3 Å². The second-order valence-corrected chi connectivity index (χ2v) is 6.36. The third-order valence-electron chi connectivity index (χ3n) is 3.66. The number of carbonyl (C=O) groups is 2. The van der Waals surface area contributed by atoms with E-state index in [2.05, 4.69) is 10.3 Å². The number of ether oxygens (including phenoxy) is 1. The van der Waals surface area contributed by atoms with Crippen LogP contribution in [0.3, 0.4) is 0 Å². The lowest BCUT2D eigenvalue weighted by Crippen LogP contribution is -2.34. The van der Waals surface area contributed by atoms with E-state index in [4.69, 9.17) is 4.74 Å². The number of fused-ring (bicyclic) bond motifs is 1. The number of aromatic nitrogens is 1. The first-order valence-electron chi connectivity index (χ1n) is 7.59. The van der Waals surface area contributed by atoms with Gasteiger partial charge in [-0.05, 0) is 30.3 Å². The molecule has 2 aromatic carbocycles. The minimum Gasteiger partial charge on any atom is -0.497 e. The third kappa shape index (κ3) is 3.95. The molecule has 0 aliphatic carbocycles. The molecule has 0 aliphatic rings. The summed E-state index contributed by atoms with van der Waals surface area (Å²) in [5.41, 5.74) is 3.76. The standard InChI is InChI=1S/C18H17N3O3S/c1-21(10-17(22)20-13-4-3-5-14(9-13)24-2)18(23)12-6-7-15-16(8-12)25-11-19-15/h3-9,11H,10H2,1-2H3,(H,20,22). The van der Waals surface area contributed by atoms with Crippen LogP contribution in [0.1, 0.15) is 10.4 Å². The predicted molar refractivity (Wildman–Crippen MR) is 98.2 cm³/mol. The molecule has 0 radical (unpaired) electrons. The van der Waals surface area contributed by atoms with Gasteiger partial charge in [-0.25, -0.2) is 4.98 Å². The van der Waals surface area contributed by atoms with E-state index in [9.17, 15) is 9.59 Å². The molecular formula is C18H17N3O3S. The number of anilines is 1. The van der Waals surface area contributed by atoms with Crippen molar-refractivity contribution >= 4 is 39.1 Å². The van der Waals surface area contributed by atoms with Crippen LogP contribution in [0, 0.1) is 0 Å². The van der Waals surface area contributed by atoms with Gasteiger partial charge >= 0.3 is 0 Å². The molecule has 0 atom stereocenters. The third-order valence-corrected chi connectivity index (χ3v) is 4.45. The van der Waals surface area contributed by atoms with Crippen molar-refractivity contribution in [2.75, 3.05) is 26.0 Å². The van der Waals surface area contributed by atoms with E-state index in [-0.39, 0.29) is 18.4 Å². The fourth-order valence-corrected chi connectivity index (χ4v) is 3.11. The maximum atomic E-state index is 12.5. The fraction of sp³-hybridized carbons (Fsp3) is 0.167. The summed E-state index contributed by atoms with van der Waals surface area (Å²) >= 11 is 1.48. The molecule has 1 heterocycles. The number of benzene rings is 2. The predicted octanol–water partition coefficient (Wildman–Crippen LogP) is 3.02. The summed E-state index contributed by atoms with van der Waals surface area (Å²) in [5, 5.41) is 2.76. The van der Waals surface area contributed by atoms with Crippen LogP contribution in [0.4, 0.5) is 5.69 Å². The van der Waals surface area contributed by atoms with Crippen LogP contribution in [0.5, 0.6) is 5.75 Å². The van der Waals surface area contributed by atoms with E-state index in [0.29, 0.717) is 17.0 Å². The molecule has 1 N–H and O–H groups in total. The van der Waals surface area contributed by atoms with Gasteiger partial charge < -0.3 is 15.0 Å². The summed E-state index contributed by atoms with van der Waals surface area (Å²) in [6.07, 6.45) is 0. The Morgan fingerprint density at radius 3 is 2.88 bits per heavy atom. The lowest BCUT2D eigenvalue weighted by Gasteiger charge is -2.17. The van der Waals surface area contributed by atoms with E-state index in [1.165, 1.54) is 16.2 Å². The first-order valence-corrected chi connectivity index (χ1v) is 8.47. The van der Waals surface area contributed by atoms with Crippen LogP contribution in [-0.4, -0.2) is 42.4 Å². The van der Waals surface area contributed by atoms with Gasteiger partial charge in [0.15, 0.2) is 0 Å². The van der Waals surface area contributed by atoms with E-state index >= 15 is 0 Å². The summed E-state index contributed by atoms with van der Waals surface area (Å²) in [6, 6.07) is 12.4. The van der Waals surface area contributed by atoms with E-state index in [0.717, 1.165) is 10.2 Å². The molecule has 1 aromatic heterocycles. The van der Waals surface area contributed by atoms with E-state index in [1.807, 2.05) is 6.07 Å². The van der Waals surface area contributed by atoms with E-state index in [1.54, 1.807) is 56.1 Å². The molecule has 6 nitrogen and oxygen atoms in total. The average Bonchev–Trinajstić information content (AvgIpc) is 3.08. The van der Waals surface area contributed by atoms with Crippen LogP contribution in [-0.2, 0) is 4.79 Å². The molecule has 25 heavy (non-hydrogen) atoms. The Bertz CT molecular complexity index is 923. The fourth-order valence-electron chi connectivity index (χ4n) is 2.40. The number of amides is 2. The number of nitrogens with zero attached hydrogens (tertiary/aromatic N) is 2. The molecule has 0 unspecified atom stereocenters. The highest BCUT2D eigenvalue weighted by Crippen LogP contribution is 2.20. The smallest absolute Gasteiger partial charge is 0.254 e. The first-order chi connectivity index (χ1) is 12.1. The van der Waals surface area contributed by atoms with Gasteiger partial charge in [0.1, 0.15) is 5.75 Å². The molecule has 0 bridgehead atoms. The zero-order valence-corrected chi connectivity index (χ0v) is 14.7. The second-order valence-electron chi connectivity index (χ2n) is 5.48. The number of hydrogen-bond donors (Lipinski definition) is 1. The van der Waals surface area contributed by atoms with E-state index < -0.39 is 0 Å². The van der Waals surface area contributed by atoms with Crippen LogP contribution >= 0.6 is 11.3 Å². The van der Waals surface area contributed by atoms with Crippen LogP contribution in [0.2, 0.25) is 0 Å². The topological polar surface area (TPSA) is 71.5 Å². The van der Waals surface area contributed by atoms with Gasteiger partial charge in [-0.3, -0.25) is 9.59 Å². The number of nitrogens with one attached hydrogen (secondary N) is 1. The Hall–Kier alpha value is -2.93.